The van der Waals surface area contributed by atoms with Gasteiger partial charge in [-0.05, 0) is 24.1 Å². The van der Waals surface area contributed by atoms with Crippen LogP contribution in [0, 0.1) is 0 Å². The van der Waals surface area contributed by atoms with Crippen LogP contribution in [0.15, 0.2) is 40.6 Å². The molecule has 3 aromatic rings. The normalized spacial score (nSPS) is 10.5. The number of carbonyl (C=O) groups is 2. The van der Waals surface area contributed by atoms with E-state index in [0.29, 0.717) is 28.6 Å². The molecule has 0 radical (unpaired) electrons. The number of rotatable bonds is 5. The summed E-state index contributed by atoms with van der Waals surface area (Å²) in [4.78, 5) is 31.8. The lowest BCUT2D eigenvalue weighted by Crippen LogP contribution is -2.14. The lowest BCUT2D eigenvalue weighted by atomic mass is 10.1. The first-order valence-corrected chi connectivity index (χ1v) is 8.05. The minimum Gasteiger partial charge on any atom is -0.462 e. The van der Waals surface area contributed by atoms with Gasteiger partial charge in [-0.25, -0.2) is 4.98 Å². The number of pyridine rings is 1. The van der Waals surface area contributed by atoms with Crippen molar-refractivity contribution in [1.82, 2.24) is 9.97 Å². The standard InChI is InChI=1S/C16H14N4O3S/c1-2-9-6-18-4-3-11(9)15(22)20-16-19-12(8-24-16)13-5-10(7-23-13)14(17)21/h3-8H,2H2,1H3,(H2,17,21)(H,19,20,22). The summed E-state index contributed by atoms with van der Waals surface area (Å²) in [6.07, 6.45) is 5.24. The molecule has 7 nitrogen and oxygen atoms in total. The minimum absolute atomic E-state index is 0.243. The number of thiazole rings is 1. The summed E-state index contributed by atoms with van der Waals surface area (Å²) in [6, 6.07) is 3.19. The van der Waals surface area contributed by atoms with Gasteiger partial charge in [0.05, 0.1) is 5.56 Å². The Balaban J connectivity index is 1.78. The first kappa shape index (κ1) is 15.9. The SMILES string of the molecule is CCc1cnccc1C(=O)Nc1nc(-c2cc(C(N)=O)co2)cs1. The molecule has 24 heavy (non-hydrogen) atoms. The molecule has 0 aliphatic carbocycles. The lowest BCUT2D eigenvalue weighted by molar-refractivity contribution is 0.0997. The predicted molar refractivity (Wildman–Crippen MR) is 89.9 cm³/mol. The molecule has 8 heteroatoms. The molecular formula is C16H14N4O3S. The van der Waals surface area contributed by atoms with E-state index < -0.39 is 5.91 Å². The number of nitrogens with one attached hydrogen (secondary N) is 1. The average Bonchev–Trinajstić information content (AvgIpc) is 3.23. The van der Waals surface area contributed by atoms with Crippen LogP contribution in [0.4, 0.5) is 5.13 Å². The number of amides is 2. The van der Waals surface area contributed by atoms with Crippen molar-refractivity contribution in [3.8, 4) is 11.5 Å². The molecule has 0 bridgehead atoms. The summed E-state index contributed by atoms with van der Waals surface area (Å²) < 4.78 is 5.27. The topological polar surface area (TPSA) is 111 Å². The van der Waals surface area contributed by atoms with E-state index in [1.807, 2.05) is 6.92 Å². The van der Waals surface area contributed by atoms with Gasteiger partial charge in [-0.15, -0.1) is 11.3 Å². The average molecular weight is 342 g/mol. The molecule has 0 unspecified atom stereocenters. The molecule has 0 spiro atoms. The number of nitrogens with two attached hydrogens (primary N) is 1. The summed E-state index contributed by atoms with van der Waals surface area (Å²) in [5.74, 6) is -0.398. The number of furan rings is 1. The van der Waals surface area contributed by atoms with Gasteiger partial charge in [-0.1, -0.05) is 6.92 Å². The van der Waals surface area contributed by atoms with Crippen LogP contribution < -0.4 is 11.1 Å². The van der Waals surface area contributed by atoms with E-state index in [-0.39, 0.29) is 11.5 Å². The Hall–Kier alpha value is -3.00. The third kappa shape index (κ3) is 3.18. The van der Waals surface area contributed by atoms with Gasteiger partial charge in [0, 0.05) is 23.3 Å². The molecule has 0 saturated heterocycles. The molecule has 122 valence electrons. The number of hydrogen-bond acceptors (Lipinski definition) is 6. The molecule has 3 aromatic heterocycles. The Morgan fingerprint density at radius 3 is 2.96 bits per heavy atom. The number of anilines is 1. The number of aryl methyl sites for hydroxylation is 1. The number of hydrogen-bond donors (Lipinski definition) is 2. The highest BCUT2D eigenvalue weighted by molar-refractivity contribution is 7.14. The van der Waals surface area contributed by atoms with E-state index in [2.05, 4.69) is 15.3 Å². The summed E-state index contributed by atoms with van der Waals surface area (Å²) in [6.45, 7) is 1.96. The van der Waals surface area contributed by atoms with Crippen molar-refractivity contribution in [1.29, 1.82) is 0 Å². The fraction of sp³-hybridized carbons (Fsp3) is 0.125. The van der Waals surface area contributed by atoms with Gasteiger partial charge in [0.25, 0.3) is 11.8 Å². The highest BCUT2D eigenvalue weighted by Crippen LogP contribution is 2.27. The Morgan fingerprint density at radius 2 is 2.25 bits per heavy atom. The van der Waals surface area contributed by atoms with Crippen molar-refractivity contribution in [3.05, 3.63) is 52.9 Å². The van der Waals surface area contributed by atoms with Crippen LogP contribution in [0.25, 0.3) is 11.5 Å². The molecule has 0 atom stereocenters. The Kier molecular flexibility index (Phi) is 4.39. The molecule has 3 N–H and O–H groups in total. The van der Waals surface area contributed by atoms with Crippen molar-refractivity contribution in [3.63, 3.8) is 0 Å². The molecule has 3 heterocycles. The maximum absolute atomic E-state index is 12.4. The van der Waals surface area contributed by atoms with Crippen LogP contribution in [0.3, 0.4) is 0 Å². The van der Waals surface area contributed by atoms with E-state index in [9.17, 15) is 9.59 Å². The van der Waals surface area contributed by atoms with Gasteiger partial charge in [0.1, 0.15) is 12.0 Å². The monoisotopic (exact) mass is 342 g/mol. The zero-order valence-electron chi connectivity index (χ0n) is 12.8. The van der Waals surface area contributed by atoms with Gasteiger partial charge in [-0.2, -0.15) is 0 Å². The maximum Gasteiger partial charge on any atom is 0.257 e. The zero-order valence-corrected chi connectivity index (χ0v) is 13.6. The van der Waals surface area contributed by atoms with Crippen molar-refractivity contribution in [2.24, 2.45) is 5.73 Å². The summed E-state index contributed by atoms with van der Waals surface area (Å²) in [5, 5.41) is 4.92. The van der Waals surface area contributed by atoms with E-state index in [0.717, 1.165) is 5.56 Å². The smallest absolute Gasteiger partial charge is 0.257 e. The van der Waals surface area contributed by atoms with Gasteiger partial charge in [-0.3, -0.25) is 19.9 Å². The van der Waals surface area contributed by atoms with Gasteiger partial charge >= 0.3 is 0 Å². The number of aromatic nitrogens is 2. The van der Waals surface area contributed by atoms with Crippen LogP contribution in [0.1, 0.15) is 33.2 Å². The second kappa shape index (κ2) is 6.63. The quantitative estimate of drug-likeness (QED) is 0.740. The van der Waals surface area contributed by atoms with Gasteiger partial charge in [0.2, 0.25) is 0 Å². The number of primary amides is 1. The molecule has 2 amide bonds. The van der Waals surface area contributed by atoms with Crippen LogP contribution in [0.5, 0.6) is 0 Å². The lowest BCUT2D eigenvalue weighted by Gasteiger charge is -2.05. The number of carbonyl (C=O) groups excluding carboxylic acids is 2. The molecule has 0 aliphatic heterocycles. The molecule has 0 saturated carbocycles. The van der Waals surface area contributed by atoms with E-state index >= 15 is 0 Å². The van der Waals surface area contributed by atoms with Crippen molar-refractivity contribution in [2.45, 2.75) is 13.3 Å². The highest BCUT2D eigenvalue weighted by Gasteiger charge is 2.15. The van der Waals surface area contributed by atoms with Gasteiger partial charge in [0.15, 0.2) is 10.9 Å². The van der Waals surface area contributed by atoms with E-state index in [1.54, 1.807) is 23.8 Å². The largest absolute Gasteiger partial charge is 0.462 e. The zero-order chi connectivity index (χ0) is 17.1. The van der Waals surface area contributed by atoms with Gasteiger partial charge < -0.3 is 10.2 Å². The molecule has 0 aromatic carbocycles. The summed E-state index contributed by atoms with van der Waals surface area (Å²) in [5.41, 5.74) is 7.41. The van der Waals surface area contributed by atoms with Crippen molar-refractivity contribution < 1.29 is 14.0 Å². The second-order valence-electron chi connectivity index (χ2n) is 4.94. The fourth-order valence-corrected chi connectivity index (χ4v) is 2.83. The first-order valence-electron chi connectivity index (χ1n) is 7.17. The maximum atomic E-state index is 12.4. The number of nitrogens with zero attached hydrogens (tertiary/aromatic N) is 2. The summed E-state index contributed by atoms with van der Waals surface area (Å²) >= 11 is 1.26. The summed E-state index contributed by atoms with van der Waals surface area (Å²) in [7, 11) is 0. The van der Waals surface area contributed by atoms with E-state index in [1.165, 1.54) is 23.7 Å². The fourth-order valence-electron chi connectivity index (χ4n) is 2.14. The molecule has 0 fully saturated rings. The third-order valence-corrected chi connectivity index (χ3v) is 4.15. The highest BCUT2D eigenvalue weighted by atomic mass is 32.1. The molecule has 0 aliphatic rings. The van der Waals surface area contributed by atoms with Crippen LogP contribution in [-0.2, 0) is 6.42 Å². The van der Waals surface area contributed by atoms with Crippen molar-refractivity contribution >= 4 is 28.3 Å². The molecular weight excluding hydrogens is 328 g/mol. The Bertz CT molecular complexity index is 900. The predicted octanol–water partition coefficient (Wildman–Crippen LogP) is 2.71. The Labute approximate surface area is 141 Å². The Morgan fingerprint density at radius 1 is 1.42 bits per heavy atom. The van der Waals surface area contributed by atoms with Crippen molar-refractivity contribution in [2.75, 3.05) is 5.32 Å². The molecule has 3 rings (SSSR count). The van der Waals surface area contributed by atoms with Crippen LogP contribution >= 0.6 is 11.3 Å². The first-order chi connectivity index (χ1) is 11.6. The third-order valence-electron chi connectivity index (χ3n) is 3.39. The van der Waals surface area contributed by atoms with Crippen LogP contribution in [0.2, 0.25) is 0 Å². The van der Waals surface area contributed by atoms with Crippen LogP contribution in [-0.4, -0.2) is 21.8 Å². The second-order valence-corrected chi connectivity index (χ2v) is 5.80. The van der Waals surface area contributed by atoms with E-state index in [4.69, 9.17) is 10.2 Å². The minimum atomic E-state index is -0.571.